The van der Waals surface area contributed by atoms with Crippen molar-refractivity contribution in [2.24, 2.45) is 0 Å². The van der Waals surface area contributed by atoms with Crippen LogP contribution >= 0.6 is 0 Å². The highest BCUT2D eigenvalue weighted by molar-refractivity contribution is 5.94. The Labute approximate surface area is 102 Å². The van der Waals surface area contributed by atoms with Gasteiger partial charge in [-0.1, -0.05) is 6.07 Å². The van der Waals surface area contributed by atoms with Crippen molar-refractivity contribution in [2.75, 3.05) is 18.5 Å². The van der Waals surface area contributed by atoms with E-state index < -0.39 is 5.97 Å². The second-order valence-corrected chi connectivity index (χ2v) is 4.06. The minimum atomic E-state index is -0.920. The second kappa shape index (κ2) is 6.25. The number of hydrogen-bond donors (Lipinski definition) is 2. The van der Waals surface area contributed by atoms with Gasteiger partial charge in [0.2, 0.25) is 0 Å². The van der Waals surface area contributed by atoms with Crippen LogP contribution in [0.5, 0.6) is 0 Å². The lowest BCUT2D eigenvalue weighted by Gasteiger charge is -2.17. The van der Waals surface area contributed by atoms with Crippen LogP contribution in [0.4, 0.5) is 5.69 Å². The molecule has 0 fully saturated rings. The standard InChI is InChI=1S/C13H19NO3/c1-4-17-8-10(3)14-12-7-9(2)5-6-11(12)13(15)16/h5-7,10,14H,4,8H2,1-3H3,(H,15,16). The molecule has 1 rings (SSSR count). The van der Waals surface area contributed by atoms with E-state index in [1.54, 1.807) is 12.1 Å². The van der Waals surface area contributed by atoms with Gasteiger partial charge in [-0.25, -0.2) is 4.79 Å². The molecule has 17 heavy (non-hydrogen) atoms. The molecule has 0 aliphatic rings. The van der Waals surface area contributed by atoms with E-state index >= 15 is 0 Å². The third-order valence-electron chi connectivity index (χ3n) is 2.38. The Morgan fingerprint density at radius 2 is 2.24 bits per heavy atom. The van der Waals surface area contributed by atoms with Crippen LogP contribution in [0.25, 0.3) is 0 Å². The maximum absolute atomic E-state index is 11.1. The van der Waals surface area contributed by atoms with E-state index in [1.165, 1.54) is 0 Å². The highest BCUT2D eigenvalue weighted by atomic mass is 16.5. The third kappa shape index (κ3) is 4.07. The molecule has 0 bridgehead atoms. The van der Waals surface area contributed by atoms with Crippen LogP contribution in [-0.2, 0) is 4.74 Å². The van der Waals surface area contributed by atoms with Crippen molar-refractivity contribution in [1.29, 1.82) is 0 Å². The van der Waals surface area contributed by atoms with Gasteiger partial charge in [-0.05, 0) is 38.5 Å². The van der Waals surface area contributed by atoms with Gasteiger partial charge in [0.15, 0.2) is 0 Å². The molecular weight excluding hydrogens is 218 g/mol. The lowest BCUT2D eigenvalue weighted by Crippen LogP contribution is -2.23. The molecule has 2 N–H and O–H groups in total. The highest BCUT2D eigenvalue weighted by Crippen LogP contribution is 2.18. The summed E-state index contributed by atoms with van der Waals surface area (Å²) in [6, 6.07) is 5.33. The first-order valence-corrected chi connectivity index (χ1v) is 5.72. The molecule has 0 aliphatic carbocycles. The summed E-state index contributed by atoms with van der Waals surface area (Å²) >= 11 is 0. The van der Waals surface area contributed by atoms with Crippen molar-refractivity contribution in [2.45, 2.75) is 26.8 Å². The molecule has 1 unspecified atom stereocenters. The molecule has 94 valence electrons. The summed E-state index contributed by atoms with van der Waals surface area (Å²) in [5, 5.41) is 12.2. The van der Waals surface area contributed by atoms with Crippen molar-refractivity contribution in [3.05, 3.63) is 29.3 Å². The smallest absolute Gasteiger partial charge is 0.337 e. The Morgan fingerprint density at radius 3 is 2.82 bits per heavy atom. The zero-order chi connectivity index (χ0) is 12.8. The molecule has 4 nitrogen and oxygen atoms in total. The van der Waals surface area contributed by atoms with Gasteiger partial charge in [0.1, 0.15) is 0 Å². The van der Waals surface area contributed by atoms with E-state index in [4.69, 9.17) is 9.84 Å². The van der Waals surface area contributed by atoms with E-state index in [0.717, 1.165) is 5.56 Å². The number of aromatic carboxylic acids is 1. The Balaban J connectivity index is 2.81. The van der Waals surface area contributed by atoms with E-state index in [9.17, 15) is 4.79 Å². The van der Waals surface area contributed by atoms with Gasteiger partial charge in [0.25, 0.3) is 0 Å². The molecule has 0 saturated heterocycles. The third-order valence-corrected chi connectivity index (χ3v) is 2.38. The summed E-state index contributed by atoms with van der Waals surface area (Å²) in [7, 11) is 0. The molecule has 1 atom stereocenters. The van der Waals surface area contributed by atoms with Crippen LogP contribution in [0.2, 0.25) is 0 Å². The van der Waals surface area contributed by atoms with E-state index in [-0.39, 0.29) is 6.04 Å². The molecule has 0 aliphatic heterocycles. The average molecular weight is 237 g/mol. The van der Waals surface area contributed by atoms with Crippen LogP contribution in [0.3, 0.4) is 0 Å². The zero-order valence-electron chi connectivity index (χ0n) is 10.5. The second-order valence-electron chi connectivity index (χ2n) is 4.06. The molecule has 1 aromatic rings. The van der Waals surface area contributed by atoms with Gasteiger partial charge in [-0.2, -0.15) is 0 Å². The first-order chi connectivity index (χ1) is 8.04. The van der Waals surface area contributed by atoms with Gasteiger partial charge in [-0.3, -0.25) is 0 Å². The number of ether oxygens (including phenoxy) is 1. The average Bonchev–Trinajstić information content (AvgIpc) is 2.26. The number of nitrogens with one attached hydrogen (secondary N) is 1. The number of carboxylic acids is 1. The highest BCUT2D eigenvalue weighted by Gasteiger charge is 2.11. The maximum Gasteiger partial charge on any atom is 0.337 e. The molecule has 0 saturated carbocycles. The Bertz CT molecular complexity index is 390. The molecule has 1 aromatic carbocycles. The first-order valence-electron chi connectivity index (χ1n) is 5.72. The van der Waals surface area contributed by atoms with E-state index in [2.05, 4.69) is 5.32 Å². The SMILES string of the molecule is CCOCC(C)Nc1cc(C)ccc1C(=O)O. The molecule has 0 amide bonds. The van der Waals surface area contributed by atoms with Gasteiger partial charge < -0.3 is 15.2 Å². The van der Waals surface area contributed by atoms with E-state index in [0.29, 0.717) is 24.5 Å². The molecule has 0 radical (unpaired) electrons. The number of rotatable bonds is 6. The number of aryl methyl sites for hydroxylation is 1. The summed E-state index contributed by atoms with van der Waals surface area (Å²) in [4.78, 5) is 11.1. The Hall–Kier alpha value is -1.55. The summed E-state index contributed by atoms with van der Waals surface area (Å²) in [6.07, 6.45) is 0. The minimum Gasteiger partial charge on any atom is -0.478 e. The molecule has 4 heteroatoms. The number of hydrogen-bond acceptors (Lipinski definition) is 3. The van der Waals surface area contributed by atoms with Crippen molar-refractivity contribution >= 4 is 11.7 Å². The number of carboxylic acid groups (broad SMARTS) is 1. The quantitative estimate of drug-likeness (QED) is 0.798. The van der Waals surface area contributed by atoms with Crippen molar-refractivity contribution in [3.63, 3.8) is 0 Å². The lowest BCUT2D eigenvalue weighted by molar-refractivity contribution is 0.0697. The van der Waals surface area contributed by atoms with Crippen molar-refractivity contribution in [1.82, 2.24) is 0 Å². The predicted molar refractivity (Wildman–Crippen MR) is 67.7 cm³/mol. The topological polar surface area (TPSA) is 58.6 Å². The van der Waals surface area contributed by atoms with Gasteiger partial charge >= 0.3 is 5.97 Å². The molecule has 0 aromatic heterocycles. The molecule has 0 heterocycles. The summed E-state index contributed by atoms with van der Waals surface area (Å²) in [6.45, 7) is 7.05. The van der Waals surface area contributed by atoms with Crippen LogP contribution in [0.1, 0.15) is 29.8 Å². The van der Waals surface area contributed by atoms with Gasteiger partial charge in [-0.15, -0.1) is 0 Å². The van der Waals surface area contributed by atoms with Crippen molar-refractivity contribution < 1.29 is 14.6 Å². The number of carbonyl (C=O) groups is 1. The largest absolute Gasteiger partial charge is 0.478 e. The number of anilines is 1. The summed E-state index contributed by atoms with van der Waals surface area (Å²) < 4.78 is 5.29. The maximum atomic E-state index is 11.1. The fraction of sp³-hybridized carbons (Fsp3) is 0.462. The summed E-state index contributed by atoms with van der Waals surface area (Å²) in [5.41, 5.74) is 1.96. The summed E-state index contributed by atoms with van der Waals surface area (Å²) in [5.74, 6) is -0.920. The van der Waals surface area contributed by atoms with Crippen LogP contribution in [-0.4, -0.2) is 30.3 Å². The Morgan fingerprint density at radius 1 is 1.53 bits per heavy atom. The minimum absolute atomic E-state index is 0.0786. The Kier molecular flexibility index (Phi) is 4.97. The number of benzene rings is 1. The normalized spacial score (nSPS) is 12.2. The fourth-order valence-electron chi connectivity index (χ4n) is 1.57. The van der Waals surface area contributed by atoms with Gasteiger partial charge in [0, 0.05) is 18.3 Å². The monoisotopic (exact) mass is 237 g/mol. The first kappa shape index (κ1) is 13.5. The van der Waals surface area contributed by atoms with Crippen LogP contribution in [0.15, 0.2) is 18.2 Å². The van der Waals surface area contributed by atoms with Gasteiger partial charge in [0.05, 0.1) is 12.2 Å². The molecular formula is C13H19NO3. The molecule has 0 spiro atoms. The van der Waals surface area contributed by atoms with E-state index in [1.807, 2.05) is 26.8 Å². The van der Waals surface area contributed by atoms with Crippen LogP contribution < -0.4 is 5.32 Å². The van der Waals surface area contributed by atoms with Crippen LogP contribution in [0, 0.1) is 6.92 Å². The van der Waals surface area contributed by atoms with Crippen molar-refractivity contribution in [3.8, 4) is 0 Å². The zero-order valence-corrected chi connectivity index (χ0v) is 10.5. The lowest BCUT2D eigenvalue weighted by atomic mass is 10.1. The fourth-order valence-corrected chi connectivity index (χ4v) is 1.57. The predicted octanol–water partition coefficient (Wildman–Crippen LogP) is 2.53.